The average molecular weight is 341 g/mol. The molecule has 0 atom stereocenters. The van der Waals surface area contributed by atoms with E-state index in [1.165, 1.54) is 11.3 Å². The molecule has 0 saturated heterocycles. The lowest BCUT2D eigenvalue weighted by atomic mass is 10.3. The minimum absolute atomic E-state index is 0.000804. The largest absolute Gasteiger partial charge is 0.484 e. The van der Waals surface area contributed by atoms with Gasteiger partial charge in [-0.05, 0) is 25.1 Å². The van der Waals surface area contributed by atoms with Gasteiger partial charge in [-0.3, -0.25) is 4.79 Å². The first kappa shape index (κ1) is 14.0. The smallest absolute Gasteiger partial charge is 0.258 e. The van der Waals surface area contributed by atoms with Gasteiger partial charge < -0.3 is 10.1 Å². The number of thiazole rings is 1. The Morgan fingerprint density at radius 3 is 3.05 bits per heavy atom. The third kappa shape index (κ3) is 4.65. The second kappa shape index (κ2) is 6.68. The van der Waals surface area contributed by atoms with Crippen LogP contribution in [-0.4, -0.2) is 17.5 Å². The Kier molecular flexibility index (Phi) is 4.93. The Morgan fingerprint density at radius 1 is 1.53 bits per heavy atom. The molecule has 0 aliphatic heterocycles. The molecule has 1 amide bonds. The summed E-state index contributed by atoms with van der Waals surface area (Å²) < 4.78 is 6.30. The molecule has 0 unspecified atom stereocenters. The van der Waals surface area contributed by atoms with Crippen LogP contribution in [-0.2, 0) is 11.3 Å². The molecule has 0 saturated carbocycles. The number of hydrogen-bond donors (Lipinski definition) is 1. The Balaban J connectivity index is 1.75. The van der Waals surface area contributed by atoms with Crippen molar-refractivity contribution in [2.24, 2.45) is 0 Å². The predicted octanol–water partition coefficient (Wildman–Crippen LogP) is 2.91. The lowest BCUT2D eigenvalue weighted by molar-refractivity contribution is -0.123. The number of carbonyl (C=O) groups is 1. The molecular weight excluding hydrogens is 328 g/mol. The molecule has 1 heterocycles. The molecule has 1 aromatic heterocycles. The number of ether oxygens (including phenoxy) is 1. The number of nitrogens with zero attached hydrogens (tertiary/aromatic N) is 1. The van der Waals surface area contributed by atoms with E-state index in [4.69, 9.17) is 4.74 Å². The van der Waals surface area contributed by atoms with Gasteiger partial charge >= 0.3 is 0 Å². The first-order valence-corrected chi connectivity index (χ1v) is 7.37. The Bertz CT molecular complexity index is 571. The Labute approximate surface area is 124 Å². The maximum absolute atomic E-state index is 11.6. The van der Waals surface area contributed by atoms with Gasteiger partial charge in [0.2, 0.25) is 0 Å². The summed E-state index contributed by atoms with van der Waals surface area (Å²) in [6.07, 6.45) is 0. The molecule has 0 bridgehead atoms. The van der Waals surface area contributed by atoms with Crippen LogP contribution >= 0.6 is 27.3 Å². The fourth-order valence-corrected chi connectivity index (χ4v) is 2.50. The van der Waals surface area contributed by atoms with E-state index in [1.54, 1.807) is 0 Å². The maximum atomic E-state index is 11.6. The summed E-state index contributed by atoms with van der Waals surface area (Å²) in [5, 5.41) is 5.62. The van der Waals surface area contributed by atoms with Crippen LogP contribution < -0.4 is 10.1 Å². The van der Waals surface area contributed by atoms with Crippen molar-refractivity contribution >= 4 is 33.2 Å². The molecule has 0 radical (unpaired) electrons. The van der Waals surface area contributed by atoms with E-state index < -0.39 is 0 Å². The minimum Gasteiger partial charge on any atom is -0.484 e. The number of amides is 1. The number of halogens is 1. The summed E-state index contributed by atoms with van der Waals surface area (Å²) in [6.45, 7) is 2.37. The maximum Gasteiger partial charge on any atom is 0.258 e. The van der Waals surface area contributed by atoms with E-state index in [0.717, 1.165) is 15.2 Å². The number of carbonyl (C=O) groups excluding carboxylic acids is 1. The molecule has 0 aliphatic carbocycles. The highest BCUT2D eigenvalue weighted by molar-refractivity contribution is 9.10. The third-order valence-corrected chi connectivity index (χ3v) is 3.73. The van der Waals surface area contributed by atoms with Gasteiger partial charge in [0.1, 0.15) is 10.8 Å². The molecule has 0 fully saturated rings. The molecular formula is C13H13BrN2O2S. The average Bonchev–Trinajstić information content (AvgIpc) is 2.80. The van der Waals surface area contributed by atoms with Crippen molar-refractivity contribution in [3.63, 3.8) is 0 Å². The molecule has 1 N–H and O–H groups in total. The number of nitrogens with one attached hydrogen (secondary N) is 1. The Hall–Kier alpha value is -1.40. The summed E-state index contributed by atoms with van der Waals surface area (Å²) in [4.78, 5) is 15.9. The Morgan fingerprint density at radius 2 is 2.37 bits per heavy atom. The fraction of sp³-hybridized carbons (Fsp3) is 0.231. The van der Waals surface area contributed by atoms with Crippen LogP contribution in [0, 0.1) is 6.92 Å². The van der Waals surface area contributed by atoms with Crippen molar-refractivity contribution in [2.75, 3.05) is 6.61 Å². The highest BCUT2D eigenvalue weighted by atomic mass is 79.9. The van der Waals surface area contributed by atoms with Crippen LogP contribution in [0.25, 0.3) is 0 Å². The van der Waals surface area contributed by atoms with Crippen LogP contribution in [0.1, 0.15) is 10.7 Å². The van der Waals surface area contributed by atoms with Crippen LogP contribution in [0.2, 0.25) is 0 Å². The lowest BCUT2D eigenvalue weighted by Gasteiger charge is -2.06. The van der Waals surface area contributed by atoms with Gasteiger partial charge in [0.25, 0.3) is 5.91 Å². The third-order valence-electron chi connectivity index (χ3n) is 2.27. The van der Waals surface area contributed by atoms with Crippen molar-refractivity contribution in [1.82, 2.24) is 10.3 Å². The van der Waals surface area contributed by atoms with Gasteiger partial charge in [0.05, 0.1) is 6.54 Å². The molecule has 6 heteroatoms. The normalized spacial score (nSPS) is 10.2. The summed E-state index contributed by atoms with van der Waals surface area (Å²) in [5.41, 5.74) is 0.972. The van der Waals surface area contributed by atoms with Gasteiger partial charge in [-0.25, -0.2) is 4.98 Å². The lowest BCUT2D eigenvalue weighted by Crippen LogP contribution is -2.28. The second-order valence-corrected chi connectivity index (χ2v) is 5.76. The fourth-order valence-electron chi connectivity index (χ4n) is 1.41. The van der Waals surface area contributed by atoms with Crippen LogP contribution in [0.15, 0.2) is 34.1 Å². The van der Waals surface area contributed by atoms with Gasteiger partial charge in [0.15, 0.2) is 6.61 Å². The van der Waals surface area contributed by atoms with E-state index in [2.05, 4.69) is 26.2 Å². The number of aromatic nitrogens is 1. The number of benzene rings is 1. The van der Waals surface area contributed by atoms with Crippen LogP contribution in [0.5, 0.6) is 5.75 Å². The minimum atomic E-state index is -0.159. The van der Waals surface area contributed by atoms with Crippen molar-refractivity contribution in [3.8, 4) is 5.75 Å². The predicted molar refractivity (Wildman–Crippen MR) is 78.3 cm³/mol. The summed E-state index contributed by atoms with van der Waals surface area (Å²) in [6, 6.07) is 7.38. The molecule has 2 aromatic rings. The van der Waals surface area contributed by atoms with Crippen molar-refractivity contribution < 1.29 is 9.53 Å². The monoisotopic (exact) mass is 340 g/mol. The van der Waals surface area contributed by atoms with Crippen LogP contribution in [0.3, 0.4) is 0 Å². The second-order valence-electron chi connectivity index (χ2n) is 3.91. The van der Waals surface area contributed by atoms with E-state index in [1.807, 2.05) is 36.6 Å². The molecule has 0 spiro atoms. The summed E-state index contributed by atoms with van der Waals surface area (Å²) in [5.74, 6) is 0.502. The molecule has 19 heavy (non-hydrogen) atoms. The van der Waals surface area contributed by atoms with Gasteiger partial charge in [-0.15, -0.1) is 11.3 Å². The van der Waals surface area contributed by atoms with E-state index in [-0.39, 0.29) is 12.5 Å². The van der Waals surface area contributed by atoms with Crippen molar-refractivity contribution in [1.29, 1.82) is 0 Å². The number of hydrogen-bond acceptors (Lipinski definition) is 4. The number of rotatable bonds is 5. The molecule has 1 aromatic carbocycles. The summed E-state index contributed by atoms with van der Waals surface area (Å²) >= 11 is 4.88. The first-order chi connectivity index (χ1) is 9.13. The van der Waals surface area contributed by atoms with Crippen LogP contribution in [0.4, 0.5) is 0 Å². The van der Waals surface area contributed by atoms with Gasteiger partial charge in [-0.1, -0.05) is 22.0 Å². The van der Waals surface area contributed by atoms with E-state index in [9.17, 15) is 4.79 Å². The highest BCUT2D eigenvalue weighted by Gasteiger charge is 2.05. The molecule has 100 valence electrons. The molecule has 4 nitrogen and oxygen atoms in total. The van der Waals surface area contributed by atoms with E-state index in [0.29, 0.717) is 12.3 Å². The first-order valence-electron chi connectivity index (χ1n) is 5.69. The van der Waals surface area contributed by atoms with Gasteiger partial charge in [-0.2, -0.15) is 0 Å². The van der Waals surface area contributed by atoms with E-state index >= 15 is 0 Å². The standard InChI is InChI=1S/C13H13BrN2O2S/c1-9-8-19-13(16-9)6-15-12(17)7-18-11-4-2-3-10(14)5-11/h2-5,8H,6-7H2,1H3,(H,15,17). The summed E-state index contributed by atoms with van der Waals surface area (Å²) in [7, 11) is 0. The van der Waals surface area contributed by atoms with Gasteiger partial charge in [0, 0.05) is 15.5 Å². The zero-order valence-electron chi connectivity index (χ0n) is 10.4. The van der Waals surface area contributed by atoms with Crippen molar-refractivity contribution in [2.45, 2.75) is 13.5 Å². The molecule has 2 rings (SSSR count). The SMILES string of the molecule is Cc1csc(CNC(=O)COc2cccc(Br)c2)n1. The zero-order chi connectivity index (χ0) is 13.7. The van der Waals surface area contributed by atoms with Crippen molar-refractivity contribution in [3.05, 3.63) is 44.8 Å². The molecule has 0 aliphatic rings. The topological polar surface area (TPSA) is 51.2 Å². The highest BCUT2D eigenvalue weighted by Crippen LogP contribution is 2.17. The number of aryl methyl sites for hydroxylation is 1. The quantitative estimate of drug-likeness (QED) is 0.910. The zero-order valence-corrected chi connectivity index (χ0v) is 12.8.